The van der Waals surface area contributed by atoms with Gasteiger partial charge in [0, 0.05) is 6.92 Å². The minimum atomic E-state index is -3.13. The highest BCUT2D eigenvalue weighted by Gasteiger charge is 2.40. The second-order valence-electron chi connectivity index (χ2n) is 7.64. The van der Waals surface area contributed by atoms with Crippen molar-refractivity contribution >= 4 is 25.1 Å². The summed E-state index contributed by atoms with van der Waals surface area (Å²) in [5.41, 5.74) is 2.59. The van der Waals surface area contributed by atoms with Gasteiger partial charge in [-0.15, -0.1) is 0 Å². The third kappa shape index (κ3) is 6.35. The molecule has 1 heterocycles. The largest absolute Gasteiger partial charge is 0.326 e. The topological polar surface area (TPSA) is 105 Å². The van der Waals surface area contributed by atoms with Gasteiger partial charge in [0.15, 0.2) is 10.9 Å². The van der Waals surface area contributed by atoms with Crippen LogP contribution in [-0.4, -0.2) is 29.7 Å². The Morgan fingerprint density at radius 1 is 0.914 bits per heavy atom. The monoisotopic (exact) mass is 509 g/mol. The number of nitrogens with zero attached hydrogens (tertiary/aromatic N) is 3. The molecule has 0 radical (unpaired) electrons. The van der Waals surface area contributed by atoms with Crippen LogP contribution in [0.1, 0.15) is 48.0 Å². The van der Waals surface area contributed by atoms with Crippen molar-refractivity contribution in [1.82, 2.24) is 14.8 Å². The van der Waals surface area contributed by atoms with Crippen LogP contribution in [0.25, 0.3) is 0 Å². The molecule has 4 aromatic rings. The Labute approximate surface area is 209 Å². The Balaban J connectivity index is 0.000000795. The van der Waals surface area contributed by atoms with Crippen LogP contribution in [0.2, 0.25) is 0 Å². The Morgan fingerprint density at radius 3 is 1.66 bits per heavy atom. The van der Waals surface area contributed by atoms with Crippen molar-refractivity contribution < 1.29 is 19.1 Å². The van der Waals surface area contributed by atoms with E-state index in [1.54, 1.807) is 13.3 Å². The predicted molar refractivity (Wildman–Crippen MR) is 139 cm³/mol. The molecule has 3 aromatic carbocycles. The van der Waals surface area contributed by atoms with Gasteiger partial charge in [-0.05, 0) is 23.1 Å². The Morgan fingerprint density at radius 2 is 1.31 bits per heavy atom. The van der Waals surface area contributed by atoms with Crippen LogP contribution in [0, 0.1) is 0 Å². The van der Waals surface area contributed by atoms with Gasteiger partial charge in [-0.25, -0.2) is 9.67 Å². The van der Waals surface area contributed by atoms with E-state index in [0.717, 1.165) is 23.1 Å². The molecule has 35 heavy (non-hydrogen) atoms. The molecule has 182 valence electrons. The summed E-state index contributed by atoms with van der Waals surface area (Å²) in [6.07, 6.45) is 2.58. The molecule has 0 aliphatic rings. The van der Waals surface area contributed by atoms with Gasteiger partial charge in [0.2, 0.25) is 0 Å². The molecule has 0 aliphatic carbocycles. The first kappa shape index (κ1) is 26.6. The third-order valence-corrected chi connectivity index (χ3v) is 6.56. The minimum absolute atomic E-state index is 0.0706. The Hall–Kier alpha value is -3.03. The van der Waals surface area contributed by atoms with Crippen molar-refractivity contribution in [3.63, 3.8) is 0 Å². The summed E-state index contributed by atoms with van der Waals surface area (Å²) in [5, 5.41) is 4.97. The van der Waals surface area contributed by atoms with Gasteiger partial charge in [-0.2, -0.15) is 5.10 Å². The quantitative estimate of drug-likeness (QED) is 0.260. The SMILES string of the molecule is CCC(SC(C)=O)c1ncn(C(c2ccccc2)(c2ccccc2)c2ccccc2)n1.O=[PH](O)O. The normalized spacial score (nSPS) is 12.0. The molecule has 7 nitrogen and oxygen atoms in total. The van der Waals surface area contributed by atoms with Gasteiger partial charge < -0.3 is 9.79 Å². The molecule has 0 saturated heterocycles. The van der Waals surface area contributed by atoms with E-state index in [2.05, 4.69) is 48.3 Å². The molecular weight excluding hydrogens is 481 g/mol. The smallest absolute Gasteiger partial charge is 0.314 e. The molecule has 0 fully saturated rings. The number of benzene rings is 3. The van der Waals surface area contributed by atoms with Gasteiger partial charge in [0.25, 0.3) is 0 Å². The summed E-state index contributed by atoms with van der Waals surface area (Å²) in [7, 11) is -3.13. The highest BCUT2D eigenvalue weighted by molar-refractivity contribution is 8.13. The zero-order valence-corrected chi connectivity index (χ0v) is 21.3. The van der Waals surface area contributed by atoms with Crippen LogP contribution in [-0.2, 0) is 14.9 Å². The van der Waals surface area contributed by atoms with Crippen LogP contribution >= 0.6 is 20.0 Å². The molecule has 1 atom stereocenters. The number of hydrogen-bond acceptors (Lipinski definition) is 5. The van der Waals surface area contributed by atoms with Crippen LogP contribution in [0.5, 0.6) is 0 Å². The average Bonchev–Trinajstić information content (AvgIpc) is 3.35. The van der Waals surface area contributed by atoms with Crippen LogP contribution in [0.4, 0.5) is 0 Å². The van der Waals surface area contributed by atoms with E-state index in [-0.39, 0.29) is 10.4 Å². The first-order valence-corrected chi connectivity index (χ1v) is 13.3. The third-order valence-electron chi connectivity index (χ3n) is 5.39. The Bertz CT molecular complexity index is 1140. The predicted octanol–water partition coefficient (Wildman–Crippen LogP) is 5.21. The summed E-state index contributed by atoms with van der Waals surface area (Å²) in [5.74, 6) is 0.676. The molecule has 2 N–H and O–H groups in total. The number of aromatic nitrogens is 3. The lowest BCUT2D eigenvalue weighted by Crippen LogP contribution is -2.38. The van der Waals surface area contributed by atoms with Crippen molar-refractivity contribution in [2.24, 2.45) is 0 Å². The van der Waals surface area contributed by atoms with E-state index in [1.165, 1.54) is 11.8 Å². The summed E-state index contributed by atoms with van der Waals surface area (Å²) in [4.78, 5) is 30.7. The highest BCUT2D eigenvalue weighted by Crippen LogP contribution is 2.41. The van der Waals surface area contributed by atoms with Crippen LogP contribution < -0.4 is 0 Å². The first-order valence-electron chi connectivity index (χ1n) is 11.1. The molecule has 1 unspecified atom stereocenters. The van der Waals surface area contributed by atoms with Crippen molar-refractivity contribution in [3.8, 4) is 0 Å². The fraction of sp³-hybridized carbons (Fsp3) is 0.192. The number of carbonyl (C=O) groups excluding carboxylic acids is 1. The lowest BCUT2D eigenvalue weighted by atomic mass is 9.77. The molecular formula is C26H28N3O4PS. The lowest BCUT2D eigenvalue weighted by Gasteiger charge is -2.35. The number of hydrogen-bond donors (Lipinski definition) is 2. The maximum Gasteiger partial charge on any atom is 0.314 e. The highest BCUT2D eigenvalue weighted by atomic mass is 32.2. The summed E-state index contributed by atoms with van der Waals surface area (Å²) in [6, 6.07) is 31.1. The van der Waals surface area contributed by atoms with E-state index in [1.807, 2.05) is 59.3 Å². The maximum absolute atomic E-state index is 11.8. The zero-order valence-electron chi connectivity index (χ0n) is 19.5. The number of rotatable bonds is 7. The van der Waals surface area contributed by atoms with E-state index < -0.39 is 13.8 Å². The van der Waals surface area contributed by atoms with Crippen molar-refractivity contribution in [1.29, 1.82) is 0 Å². The van der Waals surface area contributed by atoms with Gasteiger partial charge in [-0.3, -0.25) is 9.36 Å². The second-order valence-corrected chi connectivity index (χ2v) is 9.59. The molecule has 1 aromatic heterocycles. The molecule has 0 spiro atoms. The van der Waals surface area contributed by atoms with Gasteiger partial charge >= 0.3 is 8.25 Å². The second kappa shape index (κ2) is 12.6. The molecule has 0 aliphatic heterocycles. The summed E-state index contributed by atoms with van der Waals surface area (Å²) in [6.45, 7) is 3.65. The zero-order chi connectivity index (χ0) is 25.3. The number of thioether (sulfide) groups is 1. The maximum atomic E-state index is 11.8. The van der Waals surface area contributed by atoms with Crippen molar-refractivity contribution in [3.05, 3.63) is 120 Å². The molecule has 0 saturated carbocycles. The van der Waals surface area contributed by atoms with E-state index >= 15 is 0 Å². The fourth-order valence-electron chi connectivity index (χ4n) is 4.04. The molecule has 0 bridgehead atoms. The lowest BCUT2D eigenvalue weighted by molar-refractivity contribution is -0.109. The van der Waals surface area contributed by atoms with E-state index in [0.29, 0.717) is 5.82 Å². The van der Waals surface area contributed by atoms with Gasteiger partial charge in [0.05, 0.1) is 5.25 Å². The Kier molecular flexibility index (Phi) is 9.57. The summed E-state index contributed by atoms with van der Waals surface area (Å²) < 4.78 is 10.7. The van der Waals surface area contributed by atoms with Crippen LogP contribution in [0.3, 0.4) is 0 Å². The number of carbonyl (C=O) groups is 1. The average molecular weight is 510 g/mol. The molecule has 4 rings (SSSR count). The van der Waals surface area contributed by atoms with Gasteiger partial charge in [-0.1, -0.05) is 110 Å². The first-order chi connectivity index (χ1) is 16.9. The minimum Gasteiger partial charge on any atom is -0.326 e. The molecule has 9 heteroatoms. The standard InChI is InChI=1S/C26H25N3OS.H3O3P/c1-3-24(31-20(2)30)25-27-19-29(28-25)26(21-13-7-4-8-14-21,22-15-9-5-10-16-22)23-17-11-6-12-18-23;1-4(2)3/h4-19,24H,3H2,1-2H3;4H,(H2,1,2,3). The van der Waals surface area contributed by atoms with Crippen molar-refractivity contribution in [2.75, 3.05) is 0 Å². The molecule has 0 amide bonds. The van der Waals surface area contributed by atoms with E-state index in [9.17, 15) is 4.79 Å². The van der Waals surface area contributed by atoms with Gasteiger partial charge in [0.1, 0.15) is 11.9 Å². The summed E-state index contributed by atoms with van der Waals surface area (Å²) >= 11 is 1.29. The van der Waals surface area contributed by atoms with E-state index in [4.69, 9.17) is 19.5 Å². The fourth-order valence-corrected chi connectivity index (χ4v) is 4.82. The van der Waals surface area contributed by atoms with Crippen molar-refractivity contribution in [2.45, 2.75) is 31.1 Å². The van der Waals surface area contributed by atoms with Crippen LogP contribution in [0.15, 0.2) is 97.3 Å².